The van der Waals surface area contributed by atoms with Crippen molar-refractivity contribution in [3.8, 4) is 22.3 Å². The first kappa shape index (κ1) is 18.2. The standard InChI is InChI=1S/C32H21N/c1-2-6-27-23(5-1)13-14-26-19-24(15-17-28(26)27)21-9-11-22(12-10-21)25-16-18-32-30(20-25)29-7-3-4-8-31(29)33-32/h1-20,33H. The van der Waals surface area contributed by atoms with E-state index >= 15 is 0 Å². The van der Waals surface area contributed by atoms with Crippen LogP contribution in [0.1, 0.15) is 0 Å². The number of hydrogen-bond donors (Lipinski definition) is 1. The predicted octanol–water partition coefficient (Wildman–Crippen LogP) is 8.96. The number of para-hydroxylation sites is 1. The molecular weight excluding hydrogens is 398 g/mol. The third-order valence-electron chi connectivity index (χ3n) is 6.80. The van der Waals surface area contributed by atoms with Crippen LogP contribution in [0.2, 0.25) is 0 Å². The van der Waals surface area contributed by atoms with Gasteiger partial charge in [0.1, 0.15) is 0 Å². The van der Waals surface area contributed by atoms with Gasteiger partial charge in [0.2, 0.25) is 0 Å². The molecule has 33 heavy (non-hydrogen) atoms. The topological polar surface area (TPSA) is 15.8 Å². The molecule has 0 fully saturated rings. The van der Waals surface area contributed by atoms with Crippen molar-refractivity contribution in [1.82, 2.24) is 4.98 Å². The van der Waals surface area contributed by atoms with Crippen molar-refractivity contribution < 1.29 is 0 Å². The fourth-order valence-corrected chi connectivity index (χ4v) is 5.08. The molecule has 0 bridgehead atoms. The molecule has 0 spiro atoms. The minimum atomic E-state index is 1.18. The number of hydrogen-bond acceptors (Lipinski definition) is 0. The maximum Gasteiger partial charge on any atom is 0.0465 e. The minimum Gasteiger partial charge on any atom is -0.355 e. The molecule has 1 heteroatoms. The SMILES string of the molecule is c1ccc2c(c1)ccc1cc(-c3ccc(-c4ccc5[nH]c6ccccc6c5c4)cc3)ccc12. The molecule has 0 aliphatic carbocycles. The third kappa shape index (κ3) is 2.94. The first-order chi connectivity index (χ1) is 16.3. The molecule has 0 aliphatic heterocycles. The molecule has 0 aliphatic rings. The number of aromatic nitrogens is 1. The molecule has 0 saturated carbocycles. The van der Waals surface area contributed by atoms with Crippen LogP contribution in [0.4, 0.5) is 0 Å². The molecular formula is C32H21N. The van der Waals surface area contributed by atoms with Crippen molar-refractivity contribution in [3.63, 3.8) is 0 Å². The summed E-state index contributed by atoms with van der Waals surface area (Å²) in [4.78, 5) is 3.51. The second kappa shape index (κ2) is 7.08. The Morgan fingerprint density at radius 3 is 1.76 bits per heavy atom. The zero-order valence-corrected chi connectivity index (χ0v) is 18.0. The number of rotatable bonds is 2. The van der Waals surface area contributed by atoms with Crippen LogP contribution in [0, 0.1) is 0 Å². The lowest BCUT2D eigenvalue weighted by Gasteiger charge is -2.08. The van der Waals surface area contributed by atoms with Crippen molar-refractivity contribution in [2.24, 2.45) is 0 Å². The quantitative estimate of drug-likeness (QED) is 0.269. The molecule has 0 amide bonds. The van der Waals surface area contributed by atoms with Crippen molar-refractivity contribution in [2.75, 3.05) is 0 Å². The Morgan fingerprint density at radius 1 is 0.333 bits per heavy atom. The summed E-state index contributed by atoms with van der Waals surface area (Å²) in [5, 5.41) is 7.72. The van der Waals surface area contributed by atoms with Gasteiger partial charge in [-0.1, -0.05) is 97.1 Å². The van der Waals surface area contributed by atoms with Crippen LogP contribution < -0.4 is 0 Å². The van der Waals surface area contributed by atoms with E-state index in [0.29, 0.717) is 0 Å². The predicted molar refractivity (Wildman–Crippen MR) is 142 cm³/mol. The highest BCUT2D eigenvalue weighted by Crippen LogP contribution is 2.33. The van der Waals surface area contributed by atoms with Crippen LogP contribution in [0.25, 0.3) is 65.6 Å². The van der Waals surface area contributed by atoms with Gasteiger partial charge in [-0.3, -0.25) is 0 Å². The number of H-pyrrole nitrogens is 1. The van der Waals surface area contributed by atoms with Crippen LogP contribution in [-0.2, 0) is 0 Å². The normalized spacial score (nSPS) is 11.6. The Hall–Kier alpha value is -4.36. The van der Waals surface area contributed by atoms with E-state index < -0.39 is 0 Å². The second-order valence-corrected chi connectivity index (χ2v) is 8.73. The average Bonchev–Trinajstić information content (AvgIpc) is 3.26. The molecule has 1 N–H and O–H groups in total. The van der Waals surface area contributed by atoms with Gasteiger partial charge in [0, 0.05) is 21.8 Å². The Morgan fingerprint density at radius 2 is 0.909 bits per heavy atom. The van der Waals surface area contributed by atoms with Crippen LogP contribution in [0.3, 0.4) is 0 Å². The summed E-state index contributed by atoms with van der Waals surface area (Å²) in [6.45, 7) is 0. The van der Waals surface area contributed by atoms with E-state index in [2.05, 4.69) is 126 Å². The first-order valence-corrected chi connectivity index (χ1v) is 11.4. The van der Waals surface area contributed by atoms with E-state index in [0.717, 1.165) is 0 Å². The summed E-state index contributed by atoms with van der Waals surface area (Å²) in [6.07, 6.45) is 0. The van der Waals surface area contributed by atoms with Gasteiger partial charge >= 0.3 is 0 Å². The highest BCUT2D eigenvalue weighted by atomic mass is 14.7. The number of nitrogens with one attached hydrogen (secondary N) is 1. The molecule has 0 unspecified atom stereocenters. The number of benzene rings is 6. The van der Waals surface area contributed by atoms with Gasteiger partial charge in [-0.2, -0.15) is 0 Å². The van der Waals surface area contributed by atoms with Gasteiger partial charge in [-0.15, -0.1) is 0 Å². The monoisotopic (exact) mass is 419 g/mol. The molecule has 6 aromatic carbocycles. The number of fused-ring (bicyclic) bond motifs is 6. The highest BCUT2D eigenvalue weighted by Gasteiger charge is 2.07. The first-order valence-electron chi connectivity index (χ1n) is 11.4. The highest BCUT2D eigenvalue weighted by molar-refractivity contribution is 6.09. The zero-order valence-electron chi connectivity index (χ0n) is 18.0. The fourth-order valence-electron chi connectivity index (χ4n) is 5.08. The van der Waals surface area contributed by atoms with Gasteiger partial charge < -0.3 is 4.98 Å². The largest absolute Gasteiger partial charge is 0.355 e. The fraction of sp³-hybridized carbons (Fsp3) is 0. The van der Waals surface area contributed by atoms with Gasteiger partial charge in [0.05, 0.1) is 0 Å². The summed E-state index contributed by atoms with van der Waals surface area (Å²) in [5.74, 6) is 0. The maximum atomic E-state index is 3.51. The molecule has 0 atom stereocenters. The lowest BCUT2D eigenvalue weighted by Crippen LogP contribution is -1.83. The van der Waals surface area contributed by atoms with Crippen molar-refractivity contribution in [1.29, 1.82) is 0 Å². The van der Waals surface area contributed by atoms with Gasteiger partial charge in [-0.25, -0.2) is 0 Å². The van der Waals surface area contributed by atoms with E-state index in [1.165, 1.54) is 65.6 Å². The molecule has 1 heterocycles. The maximum absolute atomic E-state index is 3.51. The van der Waals surface area contributed by atoms with Crippen molar-refractivity contribution in [3.05, 3.63) is 121 Å². The van der Waals surface area contributed by atoms with E-state index in [9.17, 15) is 0 Å². The van der Waals surface area contributed by atoms with Crippen LogP contribution in [-0.4, -0.2) is 4.98 Å². The molecule has 1 nitrogen and oxygen atoms in total. The Labute approximate surface area is 191 Å². The van der Waals surface area contributed by atoms with Gasteiger partial charge in [0.15, 0.2) is 0 Å². The van der Waals surface area contributed by atoms with Crippen LogP contribution >= 0.6 is 0 Å². The van der Waals surface area contributed by atoms with E-state index in [4.69, 9.17) is 0 Å². The summed E-state index contributed by atoms with van der Waals surface area (Å²) in [7, 11) is 0. The molecule has 7 aromatic rings. The molecule has 0 radical (unpaired) electrons. The van der Waals surface area contributed by atoms with Gasteiger partial charge in [-0.05, 0) is 68.1 Å². The lowest BCUT2D eigenvalue weighted by atomic mass is 9.96. The van der Waals surface area contributed by atoms with E-state index in [1.54, 1.807) is 0 Å². The summed E-state index contributed by atoms with van der Waals surface area (Å²) in [6, 6.07) is 43.9. The Kier molecular flexibility index (Phi) is 3.91. The summed E-state index contributed by atoms with van der Waals surface area (Å²) in [5.41, 5.74) is 7.32. The lowest BCUT2D eigenvalue weighted by molar-refractivity contribution is 1.54. The van der Waals surface area contributed by atoms with Crippen molar-refractivity contribution in [2.45, 2.75) is 0 Å². The van der Waals surface area contributed by atoms with E-state index in [1.807, 2.05) is 0 Å². The Bertz CT molecular complexity index is 1800. The van der Waals surface area contributed by atoms with Gasteiger partial charge in [0.25, 0.3) is 0 Å². The van der Waals surface area contributed by atoms with Crippen LogP contribution in [0.15, 0.2) is 121 Å². The van der Waals surface area contributed by atoms with Crippen LogP contribution in [0.5, 0.6) is 0 Å². The minimum absolute atomic E-state index is 1.18. The average molecular weight is 420 g/mol. The summed E-state index contributed by atoms with van der Waals surface area (Å²) < 4.78 is 0. The number of aromatic amines is 1. The second-order valence-electron chi connectivity index (χ2n) is 8.73. The molecule has 0 saturated heterocycles. The zero-order chi connectivity index (χ0) is 21.8. The third-order valence-corrected chi connectivity index (χ3v) is 6.80. The molecule has 154 valence electrons. The molecule has 1 aromatic heterocycles. The van der Waals surface area contributed by atoms with Crippen molar-refractivity contribution >= 4 is 43.4 Å². The molecule has 7 rings (SSSR count). The Balaban J connectivity index is 1.28. The summed E-state index contributed by atoms with van der Waals surface area (Å²) >= 11 is 0. The smallest absolute Gasteiger partial charge is 0.0465 e. The van der Waals surface area contributed by atoms with E-state index in [-0.39, 0.29) is 0 Å².